The van der Waals surface area contributed by atoms with E-state index in [0.717, 1.165) is 25.7 Å². The van der Waals surface area contributed by atoms with Crippen molar-refractivity contribution in [2.45, 2.75) is 25.7 Å². The summed E-state index contributed by atoms with van der Waals surface area (Å²) < 4.78 is 1.98. The van der Waals surface area contributed by atoms with Crippen LogP contribution in [0.2, 0.25) is 0 Å². The van der Waals surface area contributed by atoms with E-state index in [1.807, 2.05) is 4.90 Å². The average Bonchev–Trinajstić information content (AvgIpc) is 2.94. The van der Waals surface area contributed by atoms with Crippen molar-refractivity contribution in [1.82, 2.24) is 14.5 Å². The fourth-order valence-electron chi connectivity index (χ4n) is 3.11. The molecular weight excluding hydrogens is 412 g/mol. The number of nitrogens with zero attached hydrogens (tertiary/aromatic N) is 3. The Morgan fingerprint density at radius 1 is 1.07 bits per heavy atom. The highest BCUT2D eigenvalue weighted by Crippen LogP contribution is 2.16. The molecule has 0 saturated carbocycles. The minimum atomic E-state index is -0.458. The lowest BCUT2D eigenvalue weighted by Gasteiger charge is -2.21. The molecule has 1 aliphatic rings. The van der Waals surface area contributed by atoms with E-state index in [4.69, 9.17) is 0 Å². The van der Waals surface area contributed by atoms with Gasteiger partial charge in [-0.25, -0.2) is 0 Å². The zero-order valence-corrected chi connectivity index (χ0v) is 16.7. The number of hydrogen-bond acceptors (Lipinski definition) is 4. The Morgan fingerprint density at radius 3 is 2.44 bits per heavy atom. The number of pyridine rings is 2. The zero-order chi connectivity index (χ0) is 19.4. The van der Waals surface area contributed by atoms with E-state index in [0.29, 0.717) is 28.7 Å². The maximum Gasteiger partial charge on any atom is 0.274 e. The molecule has 0 bridgehead atoms. The molecule has 1 fully saturated rings. The van der Waals surface area contributed by atoms with Crippen LogP contribution in [0.3, 0.4) is 0 Å². The van der Waals surface area contributed by atoms with Gasteiger partial charge in [-0.3, -0.25) is 19.4 Å². The van der Waals surface area contributed by atoms with E-state index in [9.17, 15) is 14.4 Å². The fourth-order valence-corrected chi connectivity index (χ4v) is 3.47. The monoisotopic (exact) mass is 432 g/mol. The summed E-state index contributed by atoms with van der Waals surface area (Å²) in [6.45, 7) is 1.43. The second kappa shape index (κ2) is 8.47. The largest absolute Gasteiger partial charge is 0.339 e. The molecule has 7 nitrogen and oxygen atoms in total. The van der Waals surface area contributed by atoms with E-state index >= 15 is 0 Å². The molecule has 3 heterocycles. The van der Waals surface area contributed by atoms with E-state index < -0.39 is 5.91 Å². The summed E-state index contributed by atoms with van der Waals surface area (Å²) in [5, 5.41) is 2.60. The third kappa shape index (κ3) is 4.63. The zero-order valence-electron chi connectivity index (χ0n) is 15.1. The van der Waals surface area contributed by atoms with Crippen LogP contribution in [0.1, 0.15) is 46.4 Å². The van der Waals surface area contributed by atoms with Gasteiger partial charge < -0.3 is 14.8 Å². The van der Waals surface area contributed by atoms with Gasteiger partial charge in [0.25, 0.3) is 17.4 Å². The van der Waals surface area contributed by atoms with Gasteiger partial charge in [-0.1, -0.05) is 12.8 Å². The molecule has 1 N–H and O–H groups in total. The van der Waals surface area contributed by atoms with Gasteiger partial charge in [0, 0.05) is 43.2 Å². The summed E-state index contributed by atoms with van der Waals surface area (Å²) in [6, 6.07) is 3.07. The van der Waals surface area contributed by atoms with Crippen molar-refractivity contribution >= 4 is 33.4 Å². The predicted octanol–water partition coefficient (Wildman–Crippen LogP) is 2.81. The molecule has 142 valence electrons. The molecule has 3 rings (SSSR count). The van der Waals surface area contributed by atoms with Gasteiger partial charge in [-0.05, 0) is 40.9 Å². The molecule has 2 aromatic heterocycles. The number of hydrogen-bond donors (Lipinski definition) is 1. The number of aryl methyl sites for hydroxylation is 1. The van der Waals surface area contributed by atoms with Crippen LogP contribution in [0.4, 0.5) is 5.69 Å². The van der Waals surface area contributed by atoms with Crippen molar-refractivity contribution in [3.8, 4) is 0 Å². The normalized spacial score (nSPS) is 14.5. The van der Waals surface area contributed by atoms with Crippen LogP contribution < -0.4 is 10.9 Å². The highest BCUT2D eigenvalue weighted by Gasteiger charge is 2.20. The minimum absolute atomic E-state index is 0.0724. The SMILES string of the molecule is Cn1cc(C(=O)N2CCCCCC2)cc(NC(=O)c2cncc(Br)c2)c1=O. The number of carbonyl (C=O) groups is 2. The summed E-state index contributed by atoms with van der Waals surface area (Å²) in [5.74, 6) is -0.576. The second-order valence-electron chi connectivity index (χ2n) is 6.61. The lowest BCUT2D eigenvalue weighted by atomic mass is 10.2. The van der Waals surface area contributed by atoms with Crippen molar-refractivity contribution in [1.29, 1.82) is 0 Å². The first-order chi connectivity index (χ1) is 13.0. The molecule has 0 radical (unpaired) electrons. The molecule has 0 spiro atoms. The molecular formula is C19H21BrN4O3. The highest BCUT2D eigenvalue weighted by atomic mass is 79.9. The van der Waals surface area contributed by atoms with E-state index in [2.05, 4.69) is 26.2 Å². The smallest absolute Gasteiger partial charge is 0.274 e. The quantitative estimate of drug-likeness (QED) is 0.807. The minimum Gasteiger partial charge on any atom is -0.339 e. The van der Waals surface area contributed by atoms with Crippen LogP contribution in [0.25, 0.3) is 0 Å². The number of likely N-dealkylation sites (tertiary alicyclic amines) is 1. The topological polar surface area (TPSA) is 84.3 Å². The van der Waals surface area contributed by atoms with Gasteiger partial charge in [-0.2, -0.15) is 0 Å². The summed E-state index contributed by atoms with van der Waals surface area (Å²) >= 11 is 3.26. The Labute approximate surface area is 165 Å². The Bertz CT molecular complexity index is 917. The molecule has 0 aromatic carbocycles. The average molecular weight is 433 g/mol. The lowest BCUT2D eigenvalue weighted by molar-refractivity contribution is 0.0760. The van der Waals surface area contributed by atoms with Crippen molar-refractivity contribution in [2.24, 2.45) is 7.05 Å². The molecule has 0 aliphatic carbocycles. The van der Waals surface area contributed by atoms with Crippen molar-refractivity contribution < 1.29 is 9.59 Å². The molecule has 1 aliphatic heterocycles. The third-order valence-electron chi connectivity index (χ3n) is 4.54. The lowest BCUT2D eigenvalue weighted by Crippen LogP contribution is -2.33. The van der Waals surface area contributed by atoms with Crippen LogP contribution in [0.15, 0.2) is 40.0 Å². The number of carbonyl (C=O) groups excluding carboxylic acids is 2. The van der Waals surface area contributed by atoms with Gasteiger partial charge >= 0.3 is 0 Å². The van der Waals surface area contributed by atoms with Crippen LogP contribution in [-0.2, 0) is 7.05 Å². The summed E-state index contributed by atoms with van der Waals surface area (Å²) in [4.78, 5) is 43.5. The Morgan fingerprint density at radius 2 is 1.78 bits per heavy atom. The molecule has 1 saturated heterocycles. The van der Waals surface area contributed by atoms with Crippen LogP contribution in [0, 0.1) is 0 Å². The van der Waals surface area contributed by atoms with E-state index in [1.165, 1.54) is 23.0 Å². The second-order valence-corrected chi connectivity index (χ2v) is 7.53. The van der Waals surface area contributed by atoms with E-state index in [-0.39, 0.29) is 17.2 Å². The number of anilines is 1. The molecule has 0 unspecified atom stereocenters. The summed E-state index contributed by atoms with van der Waals surface area (Å²) in [6.07, 6.45) is 8.71. The van der Waals surface area contributed by atoms with Gasteiger partial charge in [0.15, 0.2) is 0 Å². The van der Waals surface area contributed by atoms with Crippen LogP contribution >= 0.6 is 15.9 Å². The van der Waals surface area contributed by atoms with Gasteiger partial charge in [0.05, 0.1) is 11.1 Å². The van der Waals surface area contributed by atoms with Crippen molar-refractivity contribution in [3.63, 3.8) is 0 Å². The Balaban J connectivity index is 1.86. The van der Waals surface area contributed by atoms with Gasteiger partial charge in [-0.15, -0.1) is 0 Å². The number of amides is 2. The first-order valence-electron chi connectivity index (χ1n) is 8.87. The fraction of sp³-hybridized carbons (Fsp3) is 0.368. The predicted molar refractivity (Wildman–Crippen MR) is 106 cm³/mol. The molecule has 2 aromatic rings. The van der Waals surface area contributed by atoms with E-state index in [1.54, 1.807) is 19.3 Å². The molecule has 27 heavy (non-hydrogen) atoms. The maximum atomic E-state index is 12.9. The third-order valence-corrected chi connectivity index (χ3v) is 4.97. The summed E-state index contributed by atoms with van der Waals surface area (Å²) in [7, 11) is 1.57. The maximum absolute atomic E-state index is 12.9. The first-order valence-corrected chi connectivity index (χ1v) is 9.67. The molecule has 0 atom stereocenters. The van der Waals surface area contributed by atoms with Crippen LogP contribution in [-0.4, -0.2) is 39.4 Å². The van der Waals surface area contributed by atoms with Gasteiger partial charge in [0.2, 0.25) is 0 Å². The van der Waals surface area contributed by atoms with Gasteiger partial charge in [0.1, 0.15) is 5.69 Å². The highest BCUT2D eigenvalue weighted by molar-refractivity contribution is 9.10. The van der Waals surface area contributed by atoms with Crippen molar-refractivity contribution in [3.05, 3.63) is 56.7 Å². The van der Waals surface area contributed by atoms with Crippen LogP contribution in [0.5, 0.6) is 0 Å². The standard InChI is InChI=1S/C19H21BrN4O3/c1-23-12-14(18(26)24-6-4-2-3-5-7-24)9-16(19(23)27)22-17(25)13-8-15(20)11-21-10-13/h8-12H,2-7H2,1H3,(H,22,25). The number of nitrogens with one attached hydrogen (secondary N) is 1. The summed E-state index contributed by atoms with van der Waals surface area (Å²) in [5.41, 5.74) is 0.402. The Hall–Kier alpha value is -2.48. The first kappa shape index (κ1) is 19.3. The number of rotatable bonds is 3. The number of halogens is 1. The molecule has 8 heteroatoms. The Kier molecular flexibility index (Phi) is 6.05. The molecule has 2 amide bonds. The van der Waals surface area contributed by atoms with Crippen molar-refractivity contribution in [2.75, 3.05) is 18.4 Å². The number of aromatic nitrogens is 2.